The Hall–Kier alpha value is -2.10. The monoisotopic (exact) mass is 290 g/mol. The minimum atomic E-state index is -0.448. The summed E-state index contributed by atoms with van der Waals surface area (Å²) in [7, 11) is 0. The number of rotatable bonds is 6. The van der Waals surface area contributed by atoms with Crippen LogP contribution in [0.3, 0.4) is 0 Å². The van der Waals surface area contributed by atoms with Crippen molar-refractivity contribution in [3.63, 3.8) is 0 Å². The predicted molar refractivity (Wildman–Crippen MR) is 83.7 cm³/mol. The third kappa shape index (κ3) is 3.94. The van der Waals surface area contributed by atoms with Crippen LogP contribution < -0.4 is 10.2 Å². The van der Waals surface area contributed by atoms with E-state index in [4.69, 9.17) is 0 Å². The van der Waals surface area contributed by atoms with Crippen LogP contribution in [0.4, 0.5) is 20.2 Å². The maximum absolute atomic E-state index is 13.5. The van der Waals surface area contributed by atoms with Crippen molar-refractivity contribution in [2.45, 2.75) is 20.4 Å². The van der Waals surface area contributed by atoms with Gasteiger partial charge in [-0.3, -0.25) is 0 Å². The summed E-state index contributed by atoms with van der Waals surface area (Å²) in [4.78, 5) is 2.25. The molecule has 2 rings (SSSR count). The lowest BCUT2D eigenvalue weighted by Gasteiger charge is -2.21. The van der Waals surface area contributed by atoms with Crippen molar-refractivity contribution in [1.82, 2.24) is 0 Å². The number of hydrogen-bond donors (Lipinski definition) is 1. The predicted octanol–water partition coefficient (Wildman–Crippen LogP) is 4.42. The normalized spacial score (nSPS) is 10.5. The summed E-state index contributed by atoms with van der Waals surface area (Å²) in [6.07, 6.45) is 0. The van der Waals surface area contributed by atoms with E-state index in [0.717, 1.165) is 30.8 Å². The van der Waals surface area contributed by atoms with E-state index in [9.17, 15) is 8.78 Å². The third-order valence-corrected chi connectivity index (χ3v) is 3.48. The van der Waals surface area contributed by atoms with E-state index in [1.165, 1.54) is 11.8 Å². The molecule has 0 atom stereocenters. The Bertz CT molecular complexity index is 578. The fourth-order valence-corrected chi connectivity index (χ4v) is 2.24. The average Bonchev–Trinajstić information content (AvgIpc) is 2.51. The van der Waals surface area contributed by atoms with Gasteiger partial charge in [0.25, 0.3) is 0 Å². The van der Waals surface area contributed by atoms with E-state index >= 15 is 0 Å². The fraction of sp³-hybridized carbons (Fsp3) is 0.294. The van der Waals surface area contributed by atoms with Crippen LogP contribution in [0.5, 0.6) is 0 Å². The molecule has 0 saturated heterocycles. The molecular weight excluding hydrogens is 270 g/mol. The number of nitrogens with one attached hydrogen (secondary N) is 1. The first-order chi connectivity index (χ1) is 10.1. The van der Waals surface area contributed by atoms with E-state index in [1.807, 2.05) is 24.3 Å². The molecule has 21 heavy (non-hydrogen) atoms. The standard InChI is InChI=1S/C17H20F2N2/c1-3-21(4-2)15-8-5-13(6-9-15)12-20-17-11-14(18)7-10-16(17)19/h5-11,20H,3-4,12H2,1-2H3. The van der Waals surface area contributed by atoms with Gasteiger partial charge in [0.1, 0.15) is 11.6 Å². The molecule has 2 nitrogen and oxygen atoms in total. The number of hydrogen-bond acceptors (Lipinski definition) is 2. The Labute approximate surface area is 124 Å². The lowest BCUT2D eigenvalue weighted by molar-refractivity contribution is 0.602. The highest BCUT2D eigenvalue weighted by Gasteiger charge is 2.04. The van der Waals surface area contributed by atoms with E-state index in [1.54, 1.807) is 0 Å². The molecule has 1 N–H and O–H groups in total. The second kappa shape index (κ2) is 7.07. The molecule has 0 amide bonds. The smallest absolute Gasteiger partial charge is 0.146 e. The zero-order chi connectivity index (χ0) is 15.2. The van der Waals surface area contributed by atoms with Crippen LogP contribution in [0.25, 0.3) is 0 Å². The van der Waals surface area contributed by atoms with Gasteiger partial charge in [0.15, 0.2) is 0 Å². The Morgan fingerprint density at radius 1 is 0.952 bits per heavy atom. The highest BCUT2D eigenvalue weighted by molar-refractivity contribution is 5.49. The van der Waals surface area contributed by atoms with Gasteiger partial charge in [-0.2, -0.15) is 0 Å². The highest BCUT2D eigenvalue weighted by atomic mass is 19.1. The molecule has 2 aromatic rings. The summed E-state index contributed by atoms with van der Waals surface area (Å²) in [5.41, 5.74) is 2.37. The molecule has 0 fully saturated rings. The van der Waals surface area contributed by atoms with Crippen LogP contribution in [0.15, 0.2) is 42.5 Å². The molecule has 4 heteroatoms. The minimum absolute atomic E-state index is 0.183. The van der Waals surface area contributed by atoms with Crippen LogP contribution in [0.1, 0.15) is 19.4 Å². The van der Waals surface area contributed by atoms with Gasteiger partial charge >= 0.3 is 0 Å². The second-order valence-electron chi connectivity index (χ2n) is 4.82. The molecule has 2 aromatic carbocycles. The summed E-state index contributed by atoms with van der Waals surface area (Å²) in [5.74, 6) is -0.896. The van der Waals surface area contributed by atoms with Gasteiger partial charge in [-0.15, -0.1) is 0 Å². The fourth-order valence-electron chi connectivity index (χ4n) is 2.24. The number of nitrogens with zero attached hydrogens (tertiary/aromatic N) is 1. The largest absolute Gasteiger partial charge is 0.379 e. The van der Waals surface area contributed by atoms with Crippen LogP contribution in [0.2, 0.25) is 0 Å². The molecule has 0 aromatic heterocycles. The molecule has 0 unspecified atom stereocenters. The zero-order valence-corrected chi connectivity index (χ0v) is 12.4. The molecule has 0 saturated carbocycles. The van der Waals surface area contributed by atoms with E-state index < -0.39 is 11.6 Å². The topological polar surface area (TPSA) is 15.3 Å². The highest BCUT2D eigenvalue weighted by Crippen LogP contribution is 2.18. The first-order valence-corrected chi connectivity index (χ1v) is 7.16. The van der Waals surface area contributed by atoms with Crippen LogP contribution >= 0.6 is 0 Å². The minimum Gasteiger partial charge on any atom is -0.379 e. The Morgan fingerprint density at radius 2 is 1.62 bits per heavy atom. The van der Waals surface area contributed by atoms with Crippen molar-refractivity contribution in [3.8, 4) is 0 Å². The van der Waals surface area contributed by atoms with Gasteiger partial charge in [-0.25, -0.2) is 8.78 Å². The molecule has 112 valence electrons. The van der Waals surface area contributed by atoms with Crippen molar-refractivity contribution in [2.24, 2.45) is 0 Å². The lowest BCUT2D eigenvalue weighted by Crippen LogP contribution is -2.21. The van der Waals surface area contributed by atoms with Crippen LogP contribution in [-0.2, 0) is 6.54 Å². The molecule has 0 aliphatic heterocycles. The van der Waals surface area contributed by atoms with E-state index in [-0.39, 0.29) is 5.69 Å². The third-order valence-electron chi connectivity index (χ3n) is 3.48. The van der Waals surface area contributed by atoms with Crippen molar-refractivity contribution in [2.75, 3.05) is 23.3 Å². The lowest BCUT2D eigenvalue weighted by atomic mass is 10.2. The van der Waals surface area contributed by atoms with Gasteiger partial charge in [0.05, 0.1) is 5.69 Å². The summed E-state index contributed by atoms with van der Waals surface area (Å²) >= 11 is 0. The van der Waals surface area contributed by atoms with Gasteiger partial charge in [-0.05, 0) is 49.7 Å². The molecule has 0 aliphatic rings. The van der Waals surface area contributed by atoms with Gasteiger partial charge < -0.3 is 10.2 Å². The second-order valence-corrected chi connectivity index (χ2v) is 4.82. The summed E-state index contributed by atoms with van der Waals surface area (Å²) in [6.45, 7) is 6.61. The molecule has 0 radical (unpaired) electrons. The Balaban J connectivity index is 2.02. The zero-order valence-electron chi connectivity index (χ0n) is 12.4. The van der Waals surface area contributed by atoms with Gasteiger partial charge in [0, 0.05) is 25.3 Å². The molecule has 0 aliphatic carbocycles. The number of benzene rings is 2. The molecule has 0 spiro atoms. The first-order valence-electron chi connectivity index (χ1n) is 7.16. The average molecular weight is 290 g/mol. The van der Waals surface area contributed by atoms with Crippen LogP contribution in [0, 0.1) is 11.6 Å². The molecule has 0 heterocycles. The maximum Gasteiger partial charge on any atom is 0.146 e. The Kier molecular flexibility index (Phi) is 5.14. The van der Waals surface area contributed by atoms with E-state index in [2.05, 4.69) is 24.1 Å². The molecular formula is C17H20F2N2. The van der Waals surface area contributed by atoms with E-state index in [0.29, 0.717) is 6.54 Å². The van der Waals surface area contributed by atoms with Crippen molar-refractivity contribution in [1.29, 1.82) is 0 Å². The summed E-state index contributed by atoms with van der Waals surface area (Å²) in [6, 6.07) is 11.5. The summed E-state index contributed by atoms with van der Waals surface area (Å²) < 4.78 is 26.6. The number of anilines is 2. The first kappa shape index (κ1) is 15.3. The van der Waals surface area contributed by atoms with Crippen molar-refractivity contribution in [3.05, 3.63) is 59.7 Å². The van der Waals surface area contributed by atoms with Crippen molar-refractivity contribution >= 4 is 11.4 Å². The van der Waals surface area contributed by atoms with Crippen LogP contribution in [-0.4, -0.2) is 13.1 Å². The maximum atomic E-state index is 13.5. The summed E-state index contributed by atoms with van der Waals surface area (Å²) in [5, 5.41) is 2.92. The number of halogens is 2. The Morgan fingerprint density at radius 3 is 2.24 bits per heavy atom. The quantitative estimate of drug-likeness (QED) is 0.847. The van der Waals surface area contributed by atoms with Crippen molar-refractivity contribution < 1.29 is 8.78 Å². The molecule has 0 bridgehead atoms. The van der Waals surface area contributed by atoms with Gasteiger partial charge in [-0.1, -0.05) is 12.1 Å². The SMILES string of the molecule is CCN(CC)c1ccc(CNc2cc(F)ccc2F)cc1. The van der Waals surface area contributed by atoms with Gasteiger partial charge in [0.2, 0.25) is 0 Å².